The highest BCUT2D eigenvalue weighted by molar-refractivity contribution is 9.10. The van der Waals surface area contributed by atoms with Gasteiger partial charge in [0.2, 0.25) is 0 Å². The van der Waals surface area contributed by atoms with E-state index in [1.165, 1.54) is 20.8 Å². The van der Waals surface area contributed by atoms with Crippen molar-refractivity contribution >= 4 is 49.8 Å². The first-order chi connectivity index (χ1) is 9.22. The van der Waals surface area contributed by atoms with Crippen LogP contribution in [0.2, 0.25) is 0 Å². The summed E-state index contributed by atoms with van der Waals surface area (Å²) in [5.41, 5.74) is 0. The van der Waals surface area contributed by atoms with Crippen molar-refractivity contribution in [3.8, 4) is 0 Å². The fraction of sp³-hybridized carbons (Fsp3) is 0.750. The van der Waals surface area contributed by atoms with Crippen molar-refractivity contribution in [2.24, 2.45) is 0 Å². The van der Waals surface area contributed by atoms with Crippen molar-refractivity contribution in [1.82, 2.24) is 0 Å². The number of hydrogen-bond acceptors (Lipinski definition) is 6. The molecule has 1 rings (SSSR count). The number of halogens is 2. The van der Waals surface area contributed by atoms with Crippen LogP contribution in [0, 0.1) is 0 Å². The standard InChI is InChI=1S/C12H16Br2O6/c1-5(15)18-9-4-8(13)11(19-6(2)16)12(10(9)14)20-7(3)17/h8-12H,4H2,1-3H3/t8-,9-,10+,11+,12+/m0/s1. The number of alkyl halides is 2. The molecule has 0 bridgehead atoms. The van der Waals surface area contributed by atoms with Crippen LogP contribution in [-0.4, -0.2) is 45.9 Å². The maximum absolute atomic E-state index is 11.2. The van der Waals surface area contributed by atoms with Crippen LogP contribution in [0.1, 0.15) is 27.2 Å². The Balaban J connectivity index is 2.93. The molecule has 0 aromatic carbocycles. The van der Waals surface area contributed by atoms with Crippen LogP contribution in [-0.2, 0) is 28.6 Å². The lowest BCUT2D eigenvalue weighted by molar-refractivity contribution is -0.174. The summed E-state index contributed by atoms with van der Waals surface area (Å²) in [6.45, 7) is 3.86. The molecule has 1 aliphatic rings. The average molecular weight is 416 g/mol. The SMILES string of the molecule is CC(=O)O[C@@H]1[C@H](Br)[C@@H](OC(C)=O)C[C@H](Br)[C@H]1OC(C)=O. The molecule has 1 saturated carbocycles. The van der Waals surface area contributed by atoms with Crippen molar-refractivity contribution in [2.45, 2.75) is 55.2 Å². The summed E-state index contributed by atoms with van der Waals surface area (Å²) in [6.07, 6.45) is -1.43. The van der Waals surface area contributed by atoms with Crippen molar-refractivity contribution in [2.75, 3.05) is 0 Å². The smallest absolute Gasteiger partial charge is 0.303 e. The lowest BCUT2D eigenvalue weighted by atomic mass is 9.91. The minimum atomic E-state index is -0.737. The second kappa shape index (κ2) is 7.40. The number of esters is 3. The summed E-state index contributed by atoms with van der Waals surface area (Å²) in [7, 11) is 0. The van der Waals surface area contributed by atoms with Gasteiger partial charge in [-0.25, -0.2) is 0 Å². The first-order valence-electron chi connectivity index (χ1n) is 6.02. The average Bonchev–Trinajstić information content (AvgIpc) is 2.28. The van der Waals surface area contributed by atoms with Crippen molar-refractivity contribution in [1.29, 1.82) is 0 Å². The summed E-state index contributed by atoms with van der Waals surface area (Å²) in [6, 6.07) is 0. The van der Waals surface area contributed by atoms with Crippen LogP contribution in [0.4, 0.5) is 0 Å². The minimum absolute atomic E-state index is 0.283. The van der Waals surface area contributed by atoms with Gasteiger partial charge in [-0.15, -0.1) is 0 Å². The molecule has 6 nitrogen and oxygen atoms in total. The van der Waals surface area contributed by atoms with Gasteiger partial charge >= 0.3 is 17.9 Å². The first-order valence-corrected chi connectivity index (χ1v) is 7.85. The normalized spacial score (nSPS) is 33.1. The molecule has 0 radical (unpaired) electrons. The number of ether oxygens (including phenoxy) is 3. The highest BCUT2D eigenvalue weighted by atomic mass is 79.9. The van der Waals surface area contributed by atoms with E-state index >= 15 is 0 Å². The van der Waals surface area contributed by atoms with Gasteiger partial charge in [0, 0.05) is 27.2 Å². The molecule has 20 heavy (non-hydrogen) atoms. The molecule has 1 aliphatic carbocycles. The zero-order chi connectivity index (χ0) is 15.4. The molecule has 1 fully saturated rings. The number of hydrogen-bond donors (Lipinski definition) is 0. The van der Waals surface area contributed by atoms with Gasteiger partial charge in [-0.3, -0.25) is 14.4 Å². The molecule has 0 N–H and O–H groups in total. The molecule has 0 heterocycles. The third-order valence-corrected chi connectivity index (χ3v) is 4.73. The van der Waals surface area contributed by atoms with Crippen LogP contribution in [0.25, 0.3) is 0 Å². The summed E-state index contributed by atoms with van der Waals surface area (Å²) >= 11 is 6.76. The Morgan fingerprint density at radius 1 is 0.850 bits per heavy atom. The third-order valence-electron chi connectivity index (χ3n) is 2.73. The molecule has 0 aromatic heterocycles. The predicted molar refractivity (Wildman–Crippen MR) is 76.7 cm³/mol. The van der Waals surface area contributed by atoms with Gasteiger partial charge in [-0.2, -0.15) is 0 Å². The molecule has 0 aromatic rings. The Bertz CT molecular complexity index is 399. The van der Waals surface area contributed by atoms with Crippen molar-refractivity contribution < 1.29 is 28.6 Å². The van der Waals surface area contributed by atoms with E-state index in [0.29, 0.717) is 6.42 Å². The van der Waals surface area contributed by atoms with Crippen LogP contribution >= 0.6 is 31.9 Å². The van der Waals surface area contributed by atoms with E-state index in [0.717, 1.165) is 0 Å². The largest absolute Gasteiger partial charge is 0.461 e. The maximum Gasteiger partial charge on any atom is 0.303 e. The molecule has 0 amide bonds. The van der Waals surface area contributed by atoms with E-state index in [-0.39, 0.29) is 4.83 Å². The third kappa shape index (κ3) is 4.73. The Kier molecular flexibility index (Phi) is 6.44. The van der Waals surface area contributed by atoms with E-state index in [9.17, 15) is 14.4 Å². The first kappa shape index (κ1) is 17.4. The second-order valence-electron chi connectivity index (χ2n) is 4.49. The van der Waals surface area contributed by atoms with Crippen LogP contribution in [0.15, 0.2) is 0 Å². The Hall–Kier alpha value is -0.630. The monoisotopic (exact) mass is 414 g/mol. The Morgan fingerprint density at radius 2 is 1.30 bits per heavy atom. The summed E-state index contributed by atoms with van der Waals surface area (Å²) < 4.78 is 15.6. The van der Waals surface area contributed by atoms with Gasteiger partial charge < -0.3 is 14.2 Å². The second-order valence-corrected chi connectivity index (χ2v) is 6.73. The zero-order valence-corrected chi connectivity index (χ0v) is 14.5. The molecule has 0 spiro atoms. The highest BCUT2D eigenvalue weighted by Crippen LogP contribution is 2.35. The van der Waals surface area contributed by atoms with Crippen LogP contribution in [0.5, 0.6) is 0 Å². The summed E-state index contributed by atoms with van der Waals surface area (Å²) in [5.74, 6) is -1.39. The van der Waals surface area contributed by atoms with E-state index < -0.39 is 41.0 Å². The predicted octanol–water partition coefficient (Wildman–Crippen LogP) is 1.71. The molecule has 5 atom stereocenters. The lowest BCUT2D eigenvalue weighted by Gasteiger charge is -2.41. The van der Waals surface area contributed by atoms with E-state index in [1.807, 2.05) is 0 Å². The highest BCUT2D eigenvalue weighted by Gasteiger charge is 2.48. The topological polar surface area (TPSA) is 78.9 Å². The molecule has 0 unspecified atom stereocenters. The van der Waals surface area contributed by atoms with Crippen molar-refractivity contribution in [3.05, 3.63) is 0 Å². The van der Waals surface area contributed by atoms with Gasteiger partial charge in [0.1, 0.15) is 6.10 Å². The van der Waals surface area contributed by atoms with Crippen molar-refractivity contribution in [3.63, 3.8) is 0 Å². The van der Waals surface area contributed by atoms with Gasteiger partial charge in [-0.05, 0) is 0 Å². The fourth-order valence-electron chi connectivity index (χ4n) is 2.07. The Morgan fingerprint density at radius 3 is 1.75 bits per heavy atom. The van der Waals surface area contributed by atoms with E-state index in [2.05, 4.69) is 31.9 Å². The Labute approximate surface area is 133 Å². The quantitative estimate of drug-likeness (QED) is 0.396. The zero-order valence-electron chi connectivity index (χ0n) is 11.3. The number of carbonyl (C=O) groups is 3. The van der Waals surface area contributed by atoms with E-state index in [4.69, 9.17) is 14.2 Å². The summed E-state index contributed by atoms with van der Waals surface area (Å²) in [5, 5.41) is 0. The molecule has 8 heteroatoms. The van der Waals surface area contributed by atoms with Crippen LogP contribution in [0.3, 0.4) is 0 Å². The van der Waals surface area contributed by atoms with Gasteiger partial charge in [0.05, 0.1) is 9.65 Å². The van der Waals surface area contributed by atoms with Gasteiger partial charge in [-0.1, -0.05) is 31.9 Å². The molecule has 114 valence electrons. The summed E-state index contributed by atoms with van der Waals surface area (Å²) in [4.78, 5) is 32.8. The molecule has 0 saturated heterocycles. The van der Waals surface area contributed by atoms with E-state index in [1.54, 1.807) is 0 Å². The van der Waals surface area contributed by atoms with Gasteiger partial charge in [0.25, 0.3) is 0 Å². The fourth-order valence-corrected chi connectivity index (χ4v) is 3.58. The molecular formula is C12H16Br2O6. The maximum atomic E-state index is 11.2. The number of carbonyl (C=O) groups excluding carboxylic acids is 3. The molecule has 0 aliphatic heterocycles. The van der Waals surface area contributed by atoms with Gasteiger partial charge in [0.15, 0.2) is 12.2 Å². The number of rotatable bonds is 3. The lowest BCUT2D eigenvalue weighted by Crippen LogP contribution is -2.55. The minimum Gasteiger partial charge on any atom is -0.461 e. The molecular weight excluding hydrogens is 400 g/mol. The van der Waals surface area contributed by atoms with Crippen LogP contribution < -0.4 is 0 Å².